The SMILES string of the molecule is N#Cc1c(N)nc(N)nc1-c1ccccc1-c1ccccc1Cl. The highest BCUT2D eigenvalue weighted by Gasteiger charge is 2.17. The van der Waals surface area contributed by atoms with Gasteiger partial charge in [0.1, 0.15) is 17.5 Å². The van der Waals surface area contributed by atoms with Crippen LogP contribution in [0.1, 0.15) is 5.56 Å². The summed E-state index contributed by atoms with van der Waals surface area (Å²) in [6.07, 6.45) is 0. The van der Waals surface area contributed by atoms with Crippen molar-refractivity contribution >= 4 is 23.4 Å². The van der Waals surface area contributed by atoms with Gasteiger partial charge in [-0.3, -0.25) is 0 Å². The molecule has 0 atom stereocenters. The molecule has 0 fully saturated rings. The Morgan fingerprint density at radius 1 is 0.870 bits per heavy atom. The predicted octanol–water partition coefficient (Wildman–Crippen LogP) is 3.50. The van der Waals surface area contributed by atoms with Crippen molar-refractivity contribution in [2.24, 2.45) is 0 Å². The molecule has 0 amide bonds. The number of anilines is 2. The van der Waals surface area contributed by atoms with Crippen LogP contribution in [0.25, 0.3) is 22.4 Å². The van der Waals surface area contributed by atoms with Crippen LogP contribution in [0.5, 0.6) is 0 Å². The number of benzene rings is 2. The molecule has 6 heteroatoms. The van der Waals surface area contributed by atoms with Gasteiger partial charge in [0.2, 0.25) is 5.95 Å². The van der Waals surface area contributed by atoms with Crippen molar-refractivity contribution < 1.29 is 0 Å². The molecule has 2 aromatic carbocycles. The van der Waals surface area contributed by atoms with Gasteiger partial charge in [0.15, 0.2) is 0 Å². The molecule has 0 unspecified atom stereocenters. The van der Waals surface area contributed by atoms with E-state index in [0.717, 1.165) is 16.7 Å². The molecule has 0 aliphatic carbocycles. The zero-order valence-electron chi connectivity index (χ0n) is 12.0. The van der Waals surface area contributed by atoms with E-state index in [2.05, 4.69) is 9.97 Å². The third-order valence-corrected chi connectivity index (χ3v) is 3.74. The maximum absolute atomic E-state index is 9.39. The fraction of sp³-hybridized carbons (Fsp3) is 0. The molecular weight excluding hydrogens is 310 g/mol. The van der Waals surface area contributed by atoms with Crippen molar-refractivity contribution in [3.05, 3.63) is 59.1 Å². The van der Waals surface area contributed by atoms with Gasteiger partial charge in [-0.05, 0) is 11.6 Å². The Bertz CT molecular complexity index is 931. The van der Waals surface area contributed by atoms with E-state index in [4.69, 9.17) is 23.1 Å². The fourth-order valence-corrected chi connectivity index (χ4v) is 2.64. The first-order valence-electron chi connectivity index (χ1n) is 6.79. The van der Waals surface area contributed by atoms with Crippen LogP contribution < -0.4 is 11.5 Å². The van der Waals surface area contributed by atoms with Crippen molar-refractivity contribution in [2.45, 2.75) is 0 Å². The van der Waals surface area contributed by atoms with Gasteiger partial charge in [0.05, 0.1) is 5.69 Å². The van der Waals surface area contributed by atoms with E-state index >= 15 is 0 Å². The number of nitrogens with two attached hydrogens (primary N) is 2. The van der Waals surface area contributed by atoms with Crippen LogP contribution in [-0.2, 0) is 0 Å². The maximum Gasteiger partial charge on any atom is 0.222 e. The van der Waals surface area contributed by atoms with E-state index in [9.17, 15) is 5.26 Å². The molecule has 0 aliphatic rings. The van der Waals surface area contributed by atoms with Crippen molar-refractivity contribution in [3.8, 4) is 28.5 Å². The van der Waals surface area contributed by atoms with Crippen LogP contribution in [0.4, 0.5) is 11.8 Å². The minimum absolute atomic E-state index is 0.0189. The Morgan fingerprint density at radius 3 is 2.13 bits per heavy atom. The van der Waals surface area contributed by atoms with E-state index < -0.39 is 0 Å². The summed E-state index contributed by atoms with van der Waals surface area (Å²) < 4.78 is 0. The number of nitrogens with zero attached hydrogens (tertiary/aromatic N) is 3. The summed E-state index contributed by atoms with van der Waals surface area (Å²) in [4.78, 5) is 8.06. The smallest absolute Gasteiger partial charge is 0.222 e. The molecule has 3 rings (SSSR count). The number of aromatic nitrogens is 2. The van der Waals surface area contributed by atoms with Crippen molar-refractivity contribution in [3.63, 3.8) is 0 Å². The lowest BCUT2D eigenvalue weighted by atomic mass is 9.95. The highest BCUT2D eigenvalue weighted by molar-refractivity contribution is 6.33. The Kier molecular flexibility index (Phi) is 3.83. The number of hydrogen-bond donors (Lipinski definition) is 2. The summed E-state index contributed by atoms with van der Waals surface area (Å²) in [5.41, 5.74) is 14.5. The molecule has 5 nitrogen and oxygen atoms in total. The van der Waals surface area contributed by atoms with E-state index in [1.54, 1.807) is 0 Å². The normalized spacial score (nSPS) is 10.3. The summed E-state index contributed by atoms with van der Waals surface area (Å²) in [5.74, 6) is 0.0782. The van der Waals surface area contributed by atoms with E-state index in [-0.39, 0.29) is 17.3 Å². The topological polar surface area (TPSA) is 102 Å². The lowest BCUT2D eigenvalue weighted by Crippen LogP contribution is -2.05. The van der Waals surface area contributed by atoms with Gasteiger partial charge in [-0.25, -0.2) is 4.98 Å². The Balaban J connectivity index is 2.33. The number of rotatable bonds is 2. The third kappa shape index (κ3) is 2.68. The van der Waals surface area contributed by atoms with Gasteiger partial charge in [-0.2, -0.15) is 10.2 Å². The largest absolute Gasteiger partial charge is 0.382 e. The lowest BCUT2D eigenvalue weighted by Gasteiger charge is -2.13. The number of hydrogen-bond acceptors (Lipinski definition) is 5. The minimum Gasteiger partial charge on any atom is -0.382 e. The summed E-state index contributed by atoms with van der Waals surface area (Å²) in [6, 6.07) is 17.0. The Morgan fingerprint density at radius 2 is 1.48 bits per heavy atom. The van der Waals surface area contributed by atoms with Crippen molar-refractivity contribution in [1.82, 2.24) is 9.97 Å². The molecule has 0 saturated heterocycles. The van der Waals surface area contributed by atoms with E-state index in [1.165, 1.54) is 0 Å². The van der Waals surface area contributed by atoms with Crippen LogP contribution >= 0.6 is 11.6 Å². The van der Waals surface area contributed by atoms with Gasteiger partial charge in [0.25, 0.3) is 0 Å². The van der Waals surface area contributed by atoms with E-state index in [0.29, 0.717) is 10.7 Å². The molecule has 3 aromatic rings. The standard InChI is InChI=1S/C17H12ClN5/c18-14-8-4-3-6-11(14)10-5-1-2-7-12(10)15-13(9-19)16(20)23-17(21)22-15/h1-8H,(H4,20,21,22,23). The quantitative estimate of drug-likeness (QED) is 0.752. The molecule has 1 aromatic heterocycles. The van der Waals surface area contributed by atoms with Gasteiger partial charge < -0.3 is 11.5 Å². The number of nitrogen functional groups attached to an aromatic ring is 2. The second-order valence-electron chi connectivity index (χ2n) is 4.83. The predicted molar refractivity (Wildman–Crippen MR) is 91.5 cm³/mol. The maximum atomic E-state index is 9.39. The lowest BCUT2D eigenvalue weighted by molar-refractivity contribution is 1.18. The van der Waals surface area contributed by atoms with Crippen molar-refractivity contribution in [1.29, 1.82) is 5.26 Å². The molecule has 23 heavy (non-hydrogen) atoms. The fourth-order valence-electron chi connectivity index (χ4n) is 2.41. The van der Waals surface area contributed by atoms with Gasteiger partial charge in [-0.1, -0.05) is 54.1 Å². The molecular formula is C17H12ClN5. The average Bonchev–Trinajstić information content (AvgIpc) is 2.55. The summed E-state index contributed by atoms with van der Waals surface area (Å²) in [7, 11) is 0. The molecule has 112 valence electrons. The number of halogens is 1. The number of nitriles is 1. The van der Waals surface area contributed by atoms with Crippen LogP contribution in [-0.4, -0.2) is 9.97 Å². The third-order valence-electron chi connectivity index (χ3n) is 3.41. The highest BCUT2D eigenvalue weighted by atomic mass is 35.5. The summed E-state index contributed by atoms with van der Waals surface area (Å²) in [6.45, 7) is 0. The zero-order chi connectivity index (χ0) is 16.4. The van der Waals surface area contributed by atoms with Crippen molar-refractivity contribution in [2.75, 3.05) is 11.5 Å². The minimum atomic E-state index is 0.0189. The van der Waals surface area contributed by atoms with Crippen LogP contribution in [0.2, 0.25) is 5.02 Å². The average molecular weight is 322 g/mol. The summed E-state index contributed by atoms with van der Waals surface area (Å²) in [5, 5.41) is 10.00. The van der Waals surface area contributed by atoms with Crippen LogP contribution in [0.3, 0.4) is 0 Å². The van der Waals surface area contributed by atoms with Crippen LogP contribution in [0, 0.1) is 11.3 Å². The Hall–Kier alpha value is -3.10. The monoisotopic (exact) mass is 321 g/mol. The van der Waals surface area contributed by atoms with E-state index in [1.807, 2.05) is 54.6 Å². The van der Waals surface area contributed by atoms with Gasteiger partial charge in [-0.15, -0.1) is 0 Å². The molecule has 0 spiro atoms. The molecule has 1 heterocycles. The first-order chi connectivity index (χ1) is 11.1. The van der Waals surface area contributed by atoms with Crippen LogP contribution in [0.15, 0.2) is 48.5 Å². The molecule has 0 radical (unpaired) electrons. The first kappa shape index (κ1) is 14.8. The second kappa shape index (κ2) is 5.95. The first-order valence-corrected chi connectivity index (χ1v) is 7.17. The molecule has 0 saturated carbocycles. The zero-order valence-corrected chi connectivity index (χ0v) is 12.7. The van der Waals surface area contributed by atoms with Gasteiger partial charge >= 0.3 is 0 Å². The molecule has 0 aliphatic heterocycles. The summed E-state index contributed by atoms with van der Waals surface area (Å²) >= 11 is 6.31. The molecule has 4 N–H and O–H groups in total. The second-order valence-corrected chi connectivity index (χ2v) is 5.24. The van der Waals surface area contributed by atoms with Gasteiger partial charge in [0, 0.05) is 16.1 Å². The Labute approximate surface area is 138 Å². The molecule has 0 bridgehead atoms. The highest BCUT2D eigenvalue weighted by Crippen LogP contribution is 2.37.